The maximum atomic E-state index is 9.51. The fourth-order valence-electron chi connectivity index (χ4n) is 5.44. The summed E-state index contributed by atoms with van der Waals surface area (Å²) >= 11 is 0. The average Bonchev–Trinajstić information content (AvgIpc) is 2.65. The molecule has 1 aromatic rings. The van der Waals surface area contributed by atoms with E-state index in [1.54, 1.807) is 14.2 Å². The molecule has 0 bridgehead atoms. The van der Waals surface area contributed by atoms with Crippen molar-refractivity contribution in [3.05, 3.63) is 23.3 Å². The van der Waals surface area contributed by atoms with Gasteiger partial charge in [-0.05, 0) is 61.8 Å². The van der Waals surface area contributed by atoms with Crippen LogP contribution in [0.5, 0.6) is 11.5 Å². The number of hydrogen-bond donors (Lipinski definition) is 1. The second-order valence-corrected chi connectivity index (χ2v) is 7.82. The number of oxime groups is 1. The average molecular weight is 344 g/mol. The number of ether oxygens (including phenoxy) is 2. The molecule has 1 aliphatic carbocycles. The molecule has 5 heteroatoms. The number of nitrogens with zero attached hydrogens (tertiary/aromatic N) is 2. The first kappa shape index (κ1) is 16.7. The number of piperidine rings is 1. The van der Waals surface area contributed by atoms with E-state index in [9.17, 15) is 5.21 Å². The van der Waals surface area contributed by atoms with Gasteiger partial charge < -0.3 is 14.7 Å². The van der Waals surface area contributed by atoms with Crippen LogP contribution in [0.15, 0.2) is 17.3 Å². The number of rotatable bonds is 2. The zero-order chi connectivity index (χ0) is 17.6. The summed E-state index contributed by atoms with van der Waals surface area (Å²) in [5, 5.41) is 13.2. The number of hydrogen-bond acceptors (Lipinski definition) is 5. The Hall–Kier alpha value is -1.75. The van der Waals surface area contributed by atoms with Crippen LogP contribution in [-0.4, -0.2) is 42.6 Å². The van der Waals surface area contributed by atoms with Gasteiger partial charge in [-0.2, -0.15) is 0 Å². The highest BCUT2D eigenvalue weighted by molar-refractivity contribution is 5.91. The van der Waals surface area contributed by atoms with Crippen molar-refractivity contribution < 1.29 is 14.7 Å². The van der Waals surface area contributed by atoms with Gasteiger partial charge in [0.2, 0.25) is 0 Å². The Morgan fingerprint density at radius 3 is 2.64 bits per heavy atom. The van der Waals surface area contributed by atoms with Crippen LogP contribution < -0.4 is 9.47 Å². The third kappa shape index (κ3) is 2.43. The normalized spacial score (nSPS) is 33.3. The molecule has 2 fully saturated rings. The monoisotopic (exact) mass is 344 g/mol. The van der Waals surface area contributed by atoms with E-state index in [2.05, 4.69) is 29.1 Å². The summed E-state index contributed by atoms with van der Waals surface area (Å²) in [5.41, 5.74) is 3.78. The van der Waals surface area contributed by atoms with Gasteiger partial charge >= 0.3 is 0 Å². The molecule has 0 aromatic heterocycles. The first-order valence-corrected chi connectivity index (χ1v) is 9.34. The van der Waals surface area contributed by atoms with Crippen molar-refractivity contribution in [1.82, 2.24) is 4.90 Å². The molecule has 3 atom stereocenters. The summed E-state index contributed by atoms with van der Waals surface area (Å²) in [6, 6.07) is 5.23. The van der Waals surface area contributed by atoms with Gasteiger partial charge in [0.05, 0.1) is 19.9 Å². The zero-order valence-corrected chi connectivity index (χ0v) is 15.4. The van der Waals surface area contributed by atoms with Crippen LogP contribution in [-0.2, 0) is 6.42 Å². The van der Waals surface area contributed by atoms with Gasteiger partial charge in [-0.1, -0.05) is 12.1 Å². The van der Waals surface area contributed by atoms with E-state index in [0.29, 0.717) is 12.1 Å². The van der Waals surface area contributed by atoms with E-state index in [-0.39, 0.29) is 5.41 Å². The van der Waals surface area contributed by atoms with Crippen LogP contribution >= 0.6 is 0 Å². The van der Waals surface area contributed by atoms with Gasteiger partial charge in [0, 0.05) is 24.0 Å². The fraction of sp³-hybridized carbons (Fsp3) is 0.650. The maximum absolute atomic E-state index is 9.51. The van der Waals surface area contributed by atoms with Crippen molar-refractivity contribution in [2.75, 3.05) is 20.8 Å². The molecule has 0 spiro atoms. The number of fused-ring (bicyclic) bond motifs is 5. The molecule has 2 aliphatic heterocycles. The quantitative estimate of drug-likeness (QED) is 0.655. The summed E-state index contributed by atoms with van der Waals surface area (Å²) in [5.74, 6) is 1.64. The molecule has 3 aliphatic rings. The Balaban J connectivity index is 1.72. The molecule has 5 nitrogen and oxygen atoms in total. The maximum Gasteiger partial charge on any atom is 0.161 e. The fourth-order valence-corrected chi connectivity index (χ4v) is 5.44. The Bertz CT molecular complexity index is 702. The molecule has 0 amide bonds. The standard InChI is InChI=1S/C20H28N2O3/c1-20-9-7-15-14-12-17(25-3)16(24-2)11-13(14)8-10-22(15)19(20)6-4-5-18(20)21-23/h11-12,15,19,23H,4-10H2,1-3H3/b21-18-/t15-,19-,20-/m0/s1. The smallest absolute Gasteiger partial charge is 0.161 e. The summed E-state index contributed by atoms with van der Waals surface area (Å²) < 4.78 is 11.0. The van der Waals surface area contributed by atoms with Crippen LogP contribution in [0.4, 0.5) is 0 Å². The lowest BCUT2D eigenvalue weighted by Gasteiger charge is -2.56. The van der Waals surface area contributed by atoms with Gasteiger partial charge in [-0.3, -0.25) is 4.90 Å². The lowest BCUT2D eigenvalue weighted by molar-refractivity contribution is -0.00236. The highest BCUT2D eigenvalue weighted by Gasteiger charge is 2.51. The predicted molar refractivity (Wildman–Crippen MR) is 96.9 cm³/mol. The van der Waals surface area contributed by atoms with Crippen LogP contribution in [0.1, 0.15) is 56.2 Å². The van der Waals surface area contributed by atoms with Crippen LogP contribution in [0.25, 0.3) is 0 Å². The third-order valence-electron chi connectivity index (χ3n) is 6.79. The molecule has 136 valence electrons. The largest absolute Gasteiger partial charge is 0.493 e. The van der Waals surface area contributed by atoms with Crippen molar-refractivity contribution >= 4 is 5.71 Å². The Morgan fingerprint density at radius 1 is 1.16 bits per heavy atom. The molecule has 1 saturated carbocycles. The molecule has 1 aromatic carbocycles. The lowest BCUT2D eigenvalue weighted by atomic mass is 9.62. The molecule has 0 radical (unpaired) electrons. The van der Waals surface area contributed by atoms with E-state index in [1.807, 2.05) is 0 Å². The van der Waals surface area contributed by atoms with Gasteiger partial charge in [-0.15, -0.1) is 0 Å². The Morgan fingerprint density at radius 2 is 1.92 bits per heavy atom. The molecular weight excluding hydrogens is 316 g/mol. The molecule has 4 rings (SSSR count). The molecule has 0 unspecified atom stereocenters. The minimum atomic E-state index is 0.0115. The van der Waals surface area contributed by atoms with E-state index < -0.39 is 0 Å². The summed E-state index contributed by atoms with van der Waals surface area (Å²) in [7, 11) is 3.40. The van der Waals surface area contributed by atoms with Gasteiger partial charge in [0.1, 0.15) is 0 Å². The third-order valence-corrected chi connectivity index (χ3v) is 6.79. The first-order valence-electron chi connectivity index (χ1n) is 9.34. The molecular formula is C20H28N2O3. The van der Waals surface area contributed by atoms with Gasteiger partial charge in [-0.25, -0.2) is 0 Å². The van der Waals surface area contributed by atoms with Crippen molar-refractivity contribution in [2.45, 2.75) is 57.5 Å². The summed E-state index contributed by atoms with van der Waals surface area (Å²) in [6.07, 6.45) is 6.44. The predicted octanol–water partition coefficient (Wildman–Crippen LogP) is 3.79. The first-order chi connectivity index (χ1) is 12.1. The van der Waals surface area contributed by atoms with E-state index in [4.69, 9.17) is 9.47 Å². The number of benzene rings is 1. The van der Waals surface area contributed by atoms with Crippen LogP contribution in [0.3, 0.4) is 0 Å². The highest BCUT2D eigenvalue weighted by atomic mass is 16.5. The molecule has 2 heterocycles. The Kier molecular flexibility index (Phi) is 4.14. The second-order valence-electron chi connectivity index (χ2n) is 7.82. The van der Waals surface area contributed by atoms with Crippen molar-refractivity contribution in [2.24, 2.45) is 10.6 Å². The summed E-state index contributed by atoms with van der Waals surface area (Å²) in [6.45, 7) is 3.36. The van der Waals surface area contributed by atoms with Crippen molar-refractivity contribution in [3.8, 4) is 11.5 Å². The van der Waals surface area contributed by atoms with Crippen LogP contribution in [0, 0.1) is 5.41 Å². The van der Waals surface area contributed by atoms with E-state index in [0.717, 1.165) is 55.9 Å². The summed E-state index contributed by atoms with van der Waals surface area (Å²) in [4.78, 5) is 2.67. The molecule has 1 saturated heterocycles. The molecule has 1 N–H and O–H groups in total. The van der Waals surface area contributed by atoms with Crippen LogP contribution in [0.2, 0.25) is 0 Å². The van der Waals surface area contributed by atoms with Gasteiger partial charge in [0.25, 0.3) is 0 Å². The van der Waals surface area contributed by atoms with Crippen molar-refractivity contribution in [3.63, 3.8) is 0 Å². The van der Waals surface area contributed by atoms with Crippen molar-refractivity contribution in [1.29, 1.82) is 0 Å². The minimum absolute atomic E-state index is 0.0115. The van der Waals surface area contributed by atoms with Gasteiger partial charge in [0.15, 0.2) is 11.5 Å². The highest BCUT2D eigenvalue weighted by Crippen LogP contribution is 2.52. The molecule has 25 heavy (non-hydrogen) atoms. The Labute approximate surface area is 149 Å². The lowest BCUT2D eigenvalue weighted by Crippen LogP contribution is -2.58. The van der Waals surface area contributed by atoms with E-state index >= 15 is 0 Å². The SMILES string of the molecule is COc1cc2c(cc1OC)[C@@H]1CC[C@@]3(C)/C(=N\O)CCC[C@@H]3N1CC2. The second kappa shape index (κ2) is 6.20. The number of methoxy groups -OCH3 is 2. The van der Waals surface area contributed by atoms with E-state index in [1.165, 1.54) is 17.5 Å². The zero-order valence-electron chi connectivity index (χ0n) is 15.4. The minimum Gasteiger partial charge on any atom is -0.493 e. The topological polar surface area (TPSA) is 54.3 Å².